The van der Waals surface area contributed by atoms with Crippen molar-refractivity contribution in [1.29, 1.82) is 0 Å². The molecule has 0 heterocycles. The van der Waals surface area contributed by atoms with Gasteiger partial charge in [0.1, 0.15) is 0 Å². The monoisotopic (exact) mass is 360 g/mol. The van der Waals surface area contributed by atoms with Gasteiger partial charge in [-0.25, -0.2) is 13.6 Å². The first kappa shape index (κ1) is 15.8. The summed E-state index contributed by atoms with van der Waals surface area (Å²) in [5.41, 5.74) is 1.16. The molecule has 0 bridgehead atoms. The zero-order valence-corrected chi connectivity index (χ0v) is 14.2. The lowest BCUT2D eigenvalue weighted by molar-refractivity contribution is 0.217. The van der Waals surface area contributed by atoms with E-state index in [1.165, 1.54) is 25.3 Å². The molecule has 0 aromatic heterocycles. The van der Waals surface area contributed by atoms with Crippen LogP contribution >= 0.6 is 15.9 Å². The Morgan fingerprint density at radius 3 is 2.60 bits per heavy atom. The Kier molecular flexibility index (Phi) is 4.47. The van der Waals surface area contributed by atoms with Gasteiger partial charge in [0.25, 0.3) is 0 Å². The quantitative estimate of drug-likeness (QED) is 0.866. The highest BCUT2D eigenvalue weighted by Crippen LogP contribution is 2.38. The number of nitrogens with one attached hydrogen (secondary N) is 1. The van der Waals surface area contributed by atoms with Crippen LogP contribution in [0.2, 0.25) is 0 Å². The van der Waals surface area contributed by atoms with E-state index in [0.717, 1.165) is 16.6 Å². The molecule has 1 fully saturated rings. The summed E-state index contributed by atoms with van der Waals surface area (Å²) in [4.78, 5) is 0.123. The van der Waals surface area contributed by atoms with Crippen LogP contribution in [0.5, 0.6) is 0 Å². The summed E-state index contributed by atoms with van der Waals surface area (Å²) in [6.45, 7) is 4.55. The molecule has 1 atom stereocenters. The van der Waals surface area contributed by atoms with E-state index < -0.39 is 10.0 Å². The lowest BCUT2D eigenvalue weighted by atomic mass is 9.73. The molecule has 1 saturated carbocycles. The Balaban J connectivity index is 2.22. The summed E-state index contributed by atoms with van der Waals surface area (Å²) < 4.78 is 23.4. The van der Waals surface area contributed by atoms with Crippen molar-refractivity contribution >= 4 is 31.6 Å². The van der Waals surface area contributed by atoms with E-state index in [0.29, 0.717) is 6.04 Å². The van der Waals surface area contributed by atoms with Crippen LogP contribution in [0, 0.1) is 5.41 Å². The van der Waals surface area contributed by atoms with Gasteiger partial charge in [-0.05, 0) is 52.4 Å². The first-order valence-corrected chi connectivity index (χ1v) is 9.13. The van der Waals surface area contributed by atoms with Gasteiger partial charge in [0.2, 0.25) is 10.0 Å². The van der Waals surface area contributed by atoms with Gasteiger partial charge < -0.3 is 5.32 Å². The molecule has 0 aliphatic heterocycles. The minimum Gasteiger partial charge on any atom is -0.381 e. The molecule has 4 nitrogen and oxygen atoms in total. The molecule has 0 amide bonds. The molecule has 20 heavy (non-hydrogen) atoms. The molecule has 1 aliphatic carbocycles. The van der Waals surface area contributed by atoms with E-state index in [1.54, 1.807) is 12.1 Å². The minimum atomic E-state index is -3.66. The van der Waals surface area contributed by atoms with Crippen molar-refractivity contribution in [1.82, 2.24) is 0 Å². The maximum atomic E-state index is 11.3. The second-order valence-corrected chi connectivity index (χ2v) is 8.53. The van der Waals surface area contributed by atoms with Crippen LogP contribution in [-0.2, 0) is 10.0 Å². The molecule has 0 spiro atoms. The lowest BCUT2D eigenvalue weighted by Gasteiger charge is -2.39. The SMILES string of the molecule is CC1(C)CCCCC1Nc1ccc(S(N)(=O)=O)cc1Br. The first-order chi connectivity index (χ1) is 9.20. The summed E-state index contributed by atoms with van der Waals surface area (Å²) >= 11 is 3.42. The third-order valence-electron chi connectivity index (χ3n) is 4.11. The Morgan fingerprint density at radius 1 is 1.35 bits per heavy atom. The number of hydrogen-bond donors (Lipinski definition) is 2. The second-order valence-electron chi connectivity index (χ2n) is 6.12. The lowest BCUT2D eigenvalue weighted by Crippen LogP contribution is -2.39. The Hall–Kier alpha value is -0.590. The van der Waals surface area contributed by atoms with E-state index in [2.05, 4.69) is 35.1 Å². The van der Waals surface area contributed by atoms with Crippen LogP contribution in [0.3, 0.4) is 0 Å². The summed E-state index contributed by atoms with van der Waals surface area (Å²) in [7, 11) is -3.66. The van der Waals surface area contributed by atoms with Crippen LogP contribution in [0.4, 0.5) is 5.69 Å². The summed E-state index contributed by atoms with van der Waals surface area (Å²) in [6, 6.07) is 5.26. The number of halogens is 1. The number of anilines is 1. The van der Waals surface area contributed by atoms with Gasteiger partial charge in [0, 0.05) is 16.2 Å². The molecule has 1 aromatic carbocycles. The molecular formula is C14H21BrN2O2S. The van der Waals surface area contributed by atoms with Crippen LogP contribution in [0.15, 0.2) is 27.6 Å². The van der Waals surface area contributed by atoms with E-state index in [9.17, 15) is 8.42 Å². The molecule has 1 aromatic rings. The third-order valence-corrected chi connectivity index (χ3v) is 5.67. The zero-order valence-electron chi connectivity index (χ0n) is 11.8. The minimum absolute atomic E-state index is 0.123. The maximum Gasteiger partial charge on any atom is 0.238 e. The van der Waals surface area contributed by atoms with Crippen LogP contribution in [0.1, 0.15) is 39.5 Å². The van der Waals surface area contributed by atoms with Gasteiger partial charge in [-0.15, -0.1) is 0 Å². The normalized spacial score (nSPS) is 22.5. The molecule has 1 unspecified atom stereocenters. The Morgan fingerprint density at radius 2 is 2.05 bits per heavy atom. The van der Waals surface area contributed by atoms with Crippen molar-refractivity contribution in [2.45, 2.75) is 50.5 Å². The average Bonchev–Trinajstić information content (AvgIpc) is 2.32. The predicted molar refractivity (Wildman–Crippen MR) is 85.2 cm³/mol. The van der Waals surface area contributed by atoms with Gasteiger partial charge in [0.05, 0.1) is 4.90 Å². The molecule has 1 aliphatic rings. The molecular weight excluding hydrogens is 340 g/mol. The number of nitrogens with two attached hydrogens (primary N) is 1. The van der Waals surface area contributed by atoms with Crippen LogP contribution in [0.25, 0.3) is 0 Å². The Bertz CT molecular complexity index is 599. The number of sulfonamides is 1. The summed E-state index contributed by atoms with van der Waals surface area (Å²) in [6.07, 6.45) is 4.85. The number of primary sulfonamides is 1. The highest BCUT2D eigenvalue weighted by Gasteiger charge is 2.32. The highest BCUT2D eigenvalue weighted by atomic mass is 79.9. The molecule has 0 saturated heterocycles. The van der Waals surface area contributed by atoms with Crippen LogP contribution in [-0.4, -0.2) is 14.5 Å². The average molecular weight is 361 g/mol. The zero-order chi connectivity index (χ0) is 15.0. The number of benzene rings is 1. The van der Waals surface area contributed by atoms with E-state index in [-0.39, 0.29) is 10.3 Å². The molecule has 0 radical (unpaired) electrons. The van der Waals surface area contributed by atoms with Gasteiger partial charge in [0.15, 0.2) is 0 Å². The summed E-state index contributed by atoms with van der Waals surface area (Å²) in [5.74, 6) is 0. The predicted octanol–water partition coefficient (Wildman–Crippen LogP) is 3.48. The van der Waals surface area contributed by atoms with Crippen LogP contribution < -0.4 is 10.5 Å². The molecule has 3 N–H and O–H groups in total. The number of hydrogen-bond acceptors (Lipinski definition) is 3. The fourth-order valence-electron chi connectivity index (χ4n) is 2.74. The first-order valence-electron chi connectivity index (χ1n) is 6.79. The van der Waals surface area contributed by atoms with Gasteiger partial charge in [-0.2, -0.15) is 0 Å². The van der Waals surface area contributed by atoms with E-state index >= 15 is 0 Å². The van der Waals surface area contributed by atoms with E-state index in [1.807, 2.05) is 0 Å². The van der Waals surface area contributed by atoms with Crippen molar-refractivity contribution in [3.63, 3.8) is 0 Å². The topological polar surface area (TPSA) is 72.2 Å². The molecule has 6 heteroatoms. The van der Waals surface area contributed by atoms with Crippen molar-refractivity contribution in [2.24, 2.45) is 10.6 Å². The highest BCUT2D eigenvalue weighted by molar-refractivity contribution is 9.10. The smallest absolute Gasteiger partial charge is 0.238 e. The van der Waals surface area contributed by atoms with Gasteiger partial charge >= 0.3 is 0 Å². The molecule has 2 rings (SSSR count). The van der Waals surface area contributed by atoms with Crippen molar-refractivity contribution < 1.29 is 8.42 Å². The van der Waals surface area contributed by atoms with Gasteiger partial charge in [-0.1, -0.05) is 26.7 Å². The second kappa shape index (κ2) is 5.66. The Labute approximate surface area is 129 Å². The number of rotatable bonds is 3. The van der Waals surface area contributed by atoms with Gasteiger partial charge in [-0.3, -0.25) is 0 Å². The standard InChI is InChI=1S/C14H21BrN2O2S/c1-14(2)8-4-3-5-13(14)17-12-7-6-10(9-11(12)15)20(16,18)19/h6-7,9,13,17H,3-5,8H2,1-2H3,(H2,16,18,19). The van der Waals surface area contributed by atoms with E-state index in [4.69, 9.17) is 5.14 Å². The fraction of sp³-hybridized carbons (Fsp3) is 0.571. The summed E-state index contributed by atoms with van der Waals surface area (Å²) in [5, 5.41) is 8.67. The maximum absolute atomic E-state index is 11.3. The third kappa shape index (κ3) is 3.54. The van der Waals surface area contributed by atoms with Crippen molar-refractivity contribution in [3.8, 4) is 0 Å². The molecule has 112 valence electrons. The largest absolute Gasteiger partial charge is 0.381 e. The van der Waals surface area contributed by atoms with Crippen molar-refractivity contribution in [3.05, 3.63) is 22.7 Å². The fourth-order valence-corrected chi connectivity index (χ4v) is 3.92. The van der Waals surface area contributed by atoms with Crippen molar-refractivity contribution in [2.75, 3.05) is 5.32 Å².